The summed E-state index contributed by atoms with van der Waals surface area (Å²) < 4.78 is 51.8. The molecule has 1 aromatic carbocycles. The van der Waals surface area contributed by atoms with E-state index in [-0.39, 0.29) is 17.2 Å². The minimum Gasteiger partial charge on any atom is -0.391 e. The number of aliphatic hydroxyl groups is 1. The summed E-state index contributed by atoms with van der Waals surface area (Å²) in [6.45, 7) is -0.269. The molecule has 0 fully saturated rings. The van der Waals surface area contributed by atoms with Crippen molar-refractivity contribution >= 4 is 27.0 Å². The van der Waals surface area contributed by atoms with E-state index >= 15 is 0 Å². The zero-order valence-electron chi connectivity index (χ0n) is 9.43. The topological polar surface area (TPSA) is 66.4 Å². The first-order valence-corrected chi connectivity index (χ1v) is 7.44. The van der Waals surface area contributed by atoms with E-state index in [0.717, 1.165) is 23.5 Å². The summed E-state index contributed by atoms with van der Waals surface area (Å²) in [6.07, 6.45) is 0. The molecule has 0 radical (unpaired) electrons. The number of benzene rings is 1. The quantitative estimate of drug-likeness (QED) is 0.911. The molecule has 102 valence electrons. The van der Waals surface area contributed by atoms with Crippen LogP contribution in [0.4, 0.5) is 14.5 Å². The van der Waals surface area contributed by atoms with Gasteiger partial charge in [0.2, 0.25) is 0 Å². The summed E-state index contributed by atoms with van der Waals surface area (Å²) in [5, 5.41) is 10.2. The van der Waals surface area contributed by atoms with Crippen LogP contribution in [0.1, 0.15) is 4.88 Å². The van der Waals surface area contributed by atoms with E-state index in [4.69, 9.17) is 5.11 Å². The second-order valence-corrected chi connectivity index (χ2v) is 6.35. The number of hydrogen-bond acceptors (Lipinski definition) is 4. The van der Waals surface area contributed by atoms with Gasteiger partial charge in [0, 0.05) is 16.3 Å². The monoisotopic (exact) mass is 305 g/mol. The molecule has 0 atom stereocenters. The van der Waals surface area contributed by atoms with E-state index in [1.807, 2.05) is 0 Å². The summed E-state index contributed by atoms with van der Waals surface area (Å²) in [6, 6.07) is 3.69. The second-order valence-electron chi connectivity index (χ2n) is 3.67. The van der Waals surface area contributed by atoms with Gasteiger partial charge in [0.05, 0.1) is 17.2 Å². The highest BCUT2D eigenvalue weighted by atomic mass is 32.2. The van der Waals surface area contributed by atoms with Gasteiger partial charge < -0.3 is 5.11 Å². The number of thiophene rings is 1. The van der Waals surface area contributed by atoms with Crippen LogP contribution in [0.2, 0.25) is 0 Å². The second kappa shape index (κ2) is 5.24. The Labute approximate surface area is 112 Å². The maximum atomic E-state index is 13.0. The van der Waals surface area contributed by atoms with Gasteiger partial charge >= 0.3 is 0 Å². The van der Waals surface area contributed by atoms with Crippen molar-refractivity contribution in [2.24, 2.45) is 0 Å². The molecule has 19 heavy (non-hydrogen) atoms. The van der Waals surface area contributed by atoms with E-state index in [1.54, 1.807) is 0 Å². The predicted octanol–water partition coefficient (Wildman–Crippen LogP) is 2.32. The zero-order chi connectivity index (χ0) is 14.0. The SMILES string of the molecule is O=S(=O)(Nc1cc(F)cc(F)c1)c1csc(CO)c1. The van der Waals surface area contributed by atoms with Gasteiger partial charge in [-0.3, -0.25) is 4.72 Å². The van der Waals surface area contributed by atoms with Crippen LogP contribution in [0.3, 0.4) is 0 Å². The normalized spacial score (nSPS) is 11.5. The van der Waals surface area contributed by atoms with Crippen molar-refractivity contribution in [1.29, 1.82) is 0 Å². The first-order valence-electron chi connectivity index (χ1n) is 5.08. The highest BCUT2D eigenvalue weighted by molar-refractivity contribution is 7.92. The average molecular weight is 305 g/mol. The van der Waals surface area contributed by atoms with Crippen LogP contribution in [-0.2, 0) is 16.6 Å². The highest BCUT2D eigenvalue weighted by Gasteiger charge is 2.17. The number of hydrogen-bond donors (Lipinski definition) is 2. The van der Waals surface area contributed by atoms with Gasteiger partial charge in [0.1, 0.15) is 11.6 Å². The Morgan fingerprint density at radius 1 is 1.16 bits per heavy atom. The first-order chi connectivity index (χ1) is 8.90. The van der Waals surface area contributed by atoms with Crippen LogP contribution in [-0.4, -0.2) is 13.5 Å². The molecule has 0 aliphatic carbocycles. The van der Waals surface area contributed by atoms with Crippen molar-refractivity contribution in [3.63, 3.8) is 0 Å². The molecule has 1 heterocycles. The summed E-state index contributed by atoms with van der Waals surface area (Å²) in [5.74, 6) is -1.75. The predicted molar refractivity (Wildman–Crippen MR) is 67.4 cm³/mol. The van der Waals surface area contributed by atoms with Crippen LogP contribution in [0.5, 0.6) is 0 Å². The van der Waals surface area contributed by atoms with E-state index < -0.39 is 21.7 Å². The number of anilines is 1. The molecule has 2 aromatic rings. The number of aliphatic hydroxyl groups excluding tert-OH is 1. The Morgan fingerprint density at radius 2 is 1.79 bits per heavy atom. The Kier molecular flexibility index (Phi) is 3.83. The largest absolute Gasteiger partial charge is 0.391 e. The fraction of sp³-hybridized carbons (Fsp3) is 0.0909. The third-order valence-electron chi connectivity index (χ3n) is 2.21. The molecule has 1 aromatic heterocycles. The molecular formula is C11H9F2NO3S2. The zero-order valence-corrected chi connectivity index (χ0v) is 11.1. The summed E-state index contributed by atoms with van der Waals surface area (Å²) in [4.78, 5) is 0.414. The number of sulfonamides is 1. The molecule has 0 unspecified atom stereocenters. The molecule has 4 nitrogen and oxygen atoms in total. The summed E-state index contributed by atoms with van der Waals surface area (Å²) >= 11 is 1.08. The van der Waals surface area contributed by atoms with Gasteiger partial charge in [-0.25, -0.2) is 17.2 Å². The van der Waals surface area contributed by atoms with Gasteiger partial charge in [-0.05, 0) is 18.2 Å². The van der Waals surface area contributed by atoms with E-state index in [2.05, 4.69) is 4.72 Å². The molecule has 8 heteroatoms. The molecule has 0 aliphatic rings. The van der Waals surface area contributed by atoms with Crippen LogP contribution in [0.25, 0.3) is 0 Å². The molecular weight excluding hydrogens is 296 g/mol. The van der Waals surface area contributed by atoms with Gasteiger partial charge in [0.25, 0.3) is 10.0 Å². The molecule has 0 saturated heterocycles. The summed E-state index contributed by atoms with van der Waals surface area (Å²) in [7, 11) is -3.92. The molecule has 0 aliphatic heterocycles. The van der Waals surface area contributed by atoms with Gasteiger partial charge in [-0.2, -0.15) is 0 Å². The van der Waals surface area contributed by atoms with Crippen molar-refractivity contribution in [3.05, 3.63) is 46.2 Å². The van der Waals surface area contributed by atoms with Crippen molar-refractivity contribution in [2.75, 3.05) is 4.72 Å². The minimum absolute atomic E-state index is 0.0637. The number of nitrogens with one attached hydrogen (secondary N) is 1. The fourth-order valence-corrected chi connectivity index (χ4v) is 3.59. The Bertz CT molecular complexity index is 677. The number of rotatable bonds is 4. The van der Waals surface area contributed by atoms with Crippen molar-refractivity contribution in [1.82, 2.24) is 0 Å². The molecule has 2 rings (SSSR count). The van der Waals surface area contributed by atoms with Crippen LogP contribution in [0, 0.1) is 11.6 Å². The van der Waals surface area contributed by atoms with E-state index in [9.17, 15) is 17.2 Å². The average Bonchev–Trinajstić information content (AvgIpc) is 2.75. The fourth-order valence-electron chi connectivity index (χ4n) is 1.41. The summed E-state index contributed by atoms with van der Waals surface area (Å²) in [5.41, 5.74) is -0.200. The van der Waals surface area contributed by atoms with Gasteiger partial charge in [-0.15, -0.1) is 11.3 Å². The van der Waals surface area contributed by atoms with Crippen LogP contribution < -0.4 is 4.72 Å². The molecule has 0 saturated carbocycles. The molecule has 2 N–H and O–H groups in total. The lowest BCUT2D eigenvalue weighted by Crippen LogP contribution is -2.12. The minimum atomic E-state index is -3.92. The van der Waals surface area contributed by atoms with Crippen molar-refractivity contribution in [3.8, 4) is 0 Å². The Hall–Kier alpha value is -1.51. The van der Waals surface area contributed by atoms with Crippen LogP contribution >= 0.6 is 11.3 Å². The van der Waals surface area contributed by atoms with Crippen LogP contribution in [0.15, 0.2) is 34.5 Å². The van der Waals surface area contributed by atoms with Crippen molar-refractivity contribution < 1.29 is 22.3 Å². The smallest absolute Gasteiger partial charge is 0.262 e. The third-order valence-corrected chi connectivity index (χ3v) is 4.64. The standard InChI is InChI=1S/C11H9F2NO3S2/c12-7-1-8(13)3-9(2-7)14-19(16,17)11-4-10(5-15)18-6-11/h1-4,6,14-15H,5H2. The molecule has 0 bridgehead atoms. The number of halogens is 2. The van der Waals surface area contributed by atoms with E-state index in [0.29, 0.717) is 10.9 Å². The lowest BCUT2D eigenvalue weighted by molar-refractivity contribution is 0.285. The van der Waals surface area contributed by atoms with E-state index in [1.165, 1.54) is 11.4 Å². The Balaban J connectivity index is 2.30. The molecule has 0 amide bonds. The molecule has 0 spiro atoms. The lowest BCUT2D eigenvalue weighted by Gasteiger charge is -2.06. The third kappa shape index (κ3) is 3.28. The van der Waals surface area contributed by atoms with Gasteiger partial charge in [-0.1, -0.05) is 0 Å². The maximum absolute atomic E-state index is 13.0. The Morgan fingerprint density at radius 3 is 2.32 bits per heavy atom. The lowest BCUT2D eigenvalue weighted by atomic mass is 10.3. The first kappa shape index (κ1) is 13.9. The van der Waals surface area contributed by atoms with Crippen molar-refractivity contribution in [2.45, 2.75) is 11.5 Å². The maximum Gasteiger partial charge on any atom is 0.262 e. The highest BCUT2D eigenvalue weighted by Crippen LogP contribution is 2.22. The van der Waals surface area contributed by atoms with Gasteiger partial charge in [0.15, 0.2) is 0 Å².